The predicted octanol–water partition coefficient (Wildman–Crippen LogP) is 5.53. The van der Waals surface area contributed by atoms with Crippen molar-refractivity contribution in [1.29, 1.82) is 0 Å². The predicted molar refractivity (Wildman–Crippen MR) is 129 cm³/mol. The number of aryl methyl sites for hydroxylation is 1. The van der Waals surface area contributed by atoms with Crippen LogP contribution in [0.15, 0.2) is 67.3 Å². The van der Waals surface area contributed by atoms with Crippen molar-refractivity contribution >= 4 is 34.2 Å². The van der Waals surface area contributed by atoms with Gasteiger partial charge in [0.05, 0.1) is 22.3 Å². The van der Waals surface area contributed by atoms with E-state index in [1.54, 1.807) is 6.08 Å². The Hall–Kier alpha value is -3.60. The molecule has 158 valence electrons. The van der Waals surface area contributed by atoms with Crippen molar-refractivity contribution in [3.8, 4) is 0 Å². The van der Waals surface area contributed by atoms with Crippen molar-refractivity contribution in [3.63, 3.8) is 0 Å². The molecule has 0 amide bonds. The molecule has 0 radical (unpaired) electrons. The number of nitrogens with zero attached hydrogens (tertiary/aromatic N) is 4. The zero-order valence-corrected chi connectivity index (χ0v) is 18.4. The van der Waals surface area contributed by atoms with E-state index in [1.165, 1.54) is 5.69 Å². The standard InChI is InChI=1S/C26H28N4O/c1-5-18-29-22-10-8-9-11-23(22)30-26(29)25(19(4)27-30)24(31)17-14-20-12-15-21(16-13-20)28(6-2)7-3/h5,8-17H,1,6-7,18H2,2-4H3. The van der Waals surface area contributed by atoms with Crippen LogP contribution in [0.4, 0.5) is 5.69 Å². The van der Waals surface area contributed by atoms with Gasteiger partial charge in [-0.1, -0.05) is 36.4 Å². The molecule has 0 unspecified atom stereocenters. The average Bonchev–Trinajstić information content (AvgIpc) is 3.28. The van der Waals surface area contributed by atoms with Crippen LogP contribution in [0.25, 0.3) is 22.8 Å². The highest BCUT2D eigenvalue weighted by atomic mass is 16.1. The van der Waals surface area contributed by atoms with E-state index in [2.05, 4.69) is 47.1 Å². The van der Waals surface area contributed by atoms with Gasteiger partial charge < -0.3 is 9.47 Å². The number of hydrogen-bond acceptors (Lipinski definition) is 3. The van der Waals surface area contributed by atoms with Crippen LogP contribution >= 0.6 is 0 Å². The molecule has 31 heavy (non-hydrogen) atoms. The van der Waals surface area contributed by atoms with Crippen LogP contribution in [-0.4, -0.2) is 33.1 Å². The number of rotatable bonds is 8. The maximum absolute atomic E-state index is 13.2. The number of anilines is 1. The fraction of sp³-hybridized carbons (Fsp3) is 0.231. The molecule has 0 N–H and O–H groups in total. The van der Waals surface area contributed by atoms with Gasteiger partial charge in [-0.2, -0.15) is 5.10 Å². The molecule has 0 bridgehead atoms. The van der Waals surface area contributed by atoms with Gasteiger partial charge in [-0.25, -0.2) is 4.52 Å². The molecule has 0 fully saturated rings. The van der Waals surface area contributed by atoms with Crippen LogP contribution in [0.2, 0.25) is 0 Å². The van der Waals surface area contributed by atoms with E-state index in [0.29, 0.717) is 12.1 Å². The lowest BCUT2D eigenvalue weighted by Gasteiger charge is -2.20. The van der Waals surface area contributed by atoms with E-state index in [-0.39, 0.29) is 5.78 Å². The number of aromatic nitrogens is 3. The Morgan fingerprint density at radius 1 is 1.06 bits per heavy atom. The van der Waals surface area contributed by atoms with Crippen molar-refractivity contribution in [2.75, 3.05) is 18.0 Å². The molecule has 0 spiro atoms. The topological polar surface area (TPSA) is 42.5 Å². The number of hydrogen-bond donors (Lipinski definition) is 0. The third-order valence-corrected chi connectivity index (χ3v) is 5.70. The monoisotopic (exact) mass is 412 g/mol. The van der Waals surface area contributed by atoms with E-state index in [1.807, 2.05) is 60.0 Å². The molecule has 5 heteroatoms. The minimum Gasteiger partial charge on any atom is -0.372 e. The van der Waals surface area contributed by atoms with Crippen LogP contribution in [0.1, 0.15) is 35.5 Å². The molecule has 0 aliphatic carbocycles. The first-order chi connectivity index (χ1) is 15.1. The second-order valence-electron chi connectivity index (χ2n) is 7.55. The highest BCUT2D eigenvalue weighted by Gasteiger charge is 2.21. The zero-order chi connectivity index (χ0) is 22.0. The van der Waals surface area contributed by atoms with Crippen LogP contribution < -0.4 is 4.90 Å². The van der Waals surface area contributed by atoms with Gasteiger partial charge in [-0.05, 0) is 56.7 Å². The summed E-state index contributed by atoms with van der Waals surface area (Å²) in [6.07, 6.45) is 5.36. The molecule has 0 aliphatic rings. The number of allylic oxidation sites excluding steroid dienone is 2. The smallest absolute Gasteiger partial charge is 0.191 e. The number of carbonyl (C=O) groups excluding carboxylic acids is 1. The highest BCUT2D eigenvalue weighted by molar-refractivity contribution is 6.12. The fourth-order valence-electron chi connectivity index (χ4n) is 4.16. The van der Waals surface area contributed by atoms with Crippen molar-refractivity contribution in [2.45, 2.75) is 27.3 Å². The Bertz CT molecular complexity index is 1270. The third kappa shape index (κ3) is 3.67. The quantitative estimate of drug-likeness (QED) is 0.217. The van der Waals surface area contributed by atoms with E-state index in [4.69, 9.17) is 0 Å². The van der Waals surface area contributed by atoms with Gasteiger partial charge in [-0.15, -0.1) is 6.58 Å². The number of benzene rings is 2. The average molecular weight is 413 g/mol. The molecule has 2 aromatic carbocycles. The van der Waals surface area contributed by atoms with Gasteiger partial charge in [0, 0.05) is 25.3 Å². The summed E-state index contributed by atoms with van der Waals surface area (Å²) >= 11 is 0. The normalized spacial score (nSPS) is 11.6. The van der Waals surface area contributed by atoms with Crippen LogP contribution in [0.3, 0.4) is 0 Å². The fourth-order valence-corrected chi connectivity index (χ4v) is 4.16. The first kappa shape index (κ1) is 20.7. The highest BCUT2D eigenvalue weighted by Crippen LogP contribution is 2.26. The lowest BCUT2D eigenvalue weighted by Crippen LogP contribution is -2.21. The van der Waals surface area contributed by atoms with Gasteiger partial charge >= 0.3 is 0 Å². The first-order valence-corrected chi connectivity index (χ1v) is 10.7. The van der Waals surface area contributed by atoms with Crippen molar-refractivity contribution in [2.24, 2.45) is 0 Å². The number of imidazole rings is 1. The Morgan fingerprint density at radius 2 is 1.74 bits per heavy atom. The van der Waals surface area contributed by atoms with E-state index >= 15 is 0 Å². The number of ketones is 1. The van der Waals surface area contributed by atoms with Crippen molar-refractivity contribution in [3.05, 3.63) is 84.1 Å². The largest absolute Gasteiger partial charge is 0.372 e. The SMILES string of the molecule is C=CCn1c2ccccc2n2nc(C)c(C(=O)C=Cc3ccc(N(CC)CC)cc3)c12. The molecule has 5 nitrogen and oxygen atoms in total. The lowest BCUT2D eigenvalue weighted by molar-refractivity contribution is 0.104. The van der Waals surface area contributed by atoms with Gasteiger partial charge in [0.25, 0.3) is 0 Å². The minimum atomic E-state index is -0.0477. The van der Waals surface area contributed by atoms with E-state index in [0.717, 1.165) is 41.0 Å². The molecular formula is C26H28N4O. The molecule has 4 aromatic rings. The van der Waals surface area contributed by atoms with Gasteiger partial charge in [0.15, 0.2) is 5.78 Å². The Kier molecular flexibility index (Phi) is 5.76. The second kappa shape index (κ2) is 8.64. The van der Waals surface area contributed by atoms with Crippen LogP contribution in [0.5, 0.6) is 0 Å². The lowest BCUT2D eigenvalue weighted by atomic mass is 10.1. The summed E-state index contributed by atoms with van der Waals surface area (Å²) in [5.74, 6) is -0.0477. The molecule has 0 saturated carbocycles. The van der Waals surface area contributed by atoms with Crippen molar-refractivity contribution in [1.82, 2.24) is 14.2 Å². The minimum absolute atomic E-state index is 0.0477. The van der Waals surface area contributed by atoms with Gasteiger partial charge in [0.2, 0.25) is 0 Å². The Labute approximate surface area is 182 Å². The zero-order valence-electron chi connectivity index (χ0n) is 18.4. The van der Waals surface area contributed by atoms with Crippen LogP contribution in [0, 0.1) is 6.92 Å². The summed E-state index contributed by atoms with van der Waals surface area (Å²) in [5, 5.41) is 4.67. The molecule has 0 aliphatic heterocycles. The number of fused-ring (bicyclic) bond motifs is 3. The summed E-state index contributed by atoms with van der Waals surface area (Å²) in [6.45, 7) is 12.6. The molecule has 2 heterocycles. The van der Waals surface area contributed by atoms with Gasteiger partial charge in [-0.3, -0.25) is 4.79 Å². The van der Waals surface area contributed by atoms with Gasteiger partial charge in [0.1, 0.15) is 5.65 Å². The number of para-hydroxylation sites is 2. The Morgan fingerprint density at radius 3 is 2.39 bits per heavy atom. The summed E-state index contributed by atoms with van der Waals surface area (Å²) in [4.78, 5) is 15.5. The Balaban J connectivity index is 1.71. The molecule has 0 saturated heterocycles. The molecule has 2 aromatic heterocycles. The van der Waals surface area contributed by atoms with Crippen molar-refractivity contribution < 1.29 is 4.79 Å². The summed E-state index contributed by atoms with van der Waals surface area (Å²) in [5.41, 5.74) is 6.38. The first-order valence-electron chi connectivity index (χ1n) is 10.7. The maximum atomic E-state index is 13.2. The van der Waals surface area contributed by atoms with E-state index in [9.17, 15) is 4.79 Å². The molecular weight excluding hydrogens is 384 g/mol. The summed E-state index contributed by atoms with van der Waals surface area (Å²) < 4.78 is 3.97. The molecule has 4 rings (SSSR count). The number of carbonyl (C=O) groups is 1. The van der Waals surface area contributed by atoms with E-state index < -0.39 is 0 Å². The second-order valence-corrected chi connectivity index (χ2v) is 7.55. The maximum Gasteiger partial charge on any atom is 0.191 e. The van der Waals surface area contributed by atoms with Crippen LogP contribution in [-0.2, 0) is 6.54 Å². The summed E-state index contributed by atoms with van der Waals surface area (Å²) in [7, 11) is 0. The molecule has 0 atom stereocenters. The summed E-state index contributed by atoms with van der Waals surface area (Å²) in [6, 6.07) is 16.3. The third-order valence-electron chi connectivity index (χ3n) is 5.70.